The molecule has 0 saturated carbocycles. The predicted octanol–water partition coefficient (Wildman–Crippen LogP) is -1.94. The van der Waals surface area contributed by atoms with Gasteiger partial charge >= 0.3 is 0 Å². The summed E-state index contributed by atoms with van der Waals surface area (Å²) in [4.78, 5) is 0. The van der Waals surface area contributed by atoms with Crippen LogP contribution in [0.4, 0.5) is 0 Å². The average Bonchev–Trinajstić information content (AvgIpc) is 2.49. The van der Waals surface area contributed by atoms with Crippen LogP contribution >= 0.6 is 0 Å². The molecule has 0 bridgehead atoms. The first-order valence-electron chi connectivity index (χ1n) is 6.38. The highest BCUT2D eigenvalue weighted by Crippen LogP contribution is 2.31. The Morgan fingerprint density at radius 2 is 1.76 bits per heavy atom. The van der Waals surface area contributed by atoms with E-state index in [1.807, 2.05) is 0 Å². The third-order valence-corrected chi connectivity index (χ3v) is 3.30. The standard InChI is InChI=1S/C13H18O8/c14-4-6-1-2-8(7(16)3-6)20-13-12(19)11(18)10(17)9(5-15)21-13/h1-3,9-19H,4-5H2/t9-,10+,11+,12-,13-/m1/s1. The van der Waals surface area contributed by atoms with Crippen LogP contribution in [0.1, 0.15) is 5.56 Å². The molecule has 8 heteroatoms. The number of phenols is 1. The fourth-order valence-corrected chi connectivity index (χ4v) is 2.05. The molecule has 0 amide bonds. The normalized spacial score (nSPS) is 32.9. The number of ether oxygens (including phenoxy) is 2. The Morgan fingerprint density at radius 3 is 2.33 bits per heavy atom. The van der Waals surface area contributed by atoms with E-state index in [0.717, 1.165) is 0 Å². The number of hydrogen-bond acceptors (Lipinski definition) is 8. The molecule has 0 aromatic heterocycles. The second-order valence-corrected chi connectivity index (χ2v) is 4.78. The Balaban J connectivity index is 2.14. The highest BCUT2D eigenvalue weighted by molar-refractivity contribution is 5.41. The van der Waals surface area contributed by atoms with E-state index < -0.39 is 37.3 Å². The molecule has 6 N–H and O–H groups in total. The van der Waals surface area contributed by atoms with E-state index in [9.17, 15) is 20.4 Å². The summed E-state index contributed by atoms with van der Waals surface area (Å²) in [7, 11) is 0. The second kappa shape index (κ2) is 6.56. The van der Waals surface area contributed by atoms with Crippen LogP contribution < -0.4 is 4.74 Å². The summed E-state index contributed by atoms with van der Waals surface area (Å²) in [6.45, 7) is -0.825. The number of aliphatic hydroxyl groups excluding tert-OH is 5. The van der Waals surface area contributed by atoms with Gasteiger partial charge in [-0.25, -0.2) is 0 Å². The van der Waals surface area contributed by atoms with Crippen molar-refractivity contribution < 1.29 is 40.1 Å². The van der Waals surface area contributed by atoms with Gasteiger partial charge in [0, 0.05) is 0 Å². The Morgan fingerprint density at radius 1 is 1.05 bits per heavy atom. The minimum Gasteiger partial charge on any atom is -0.504 e. The van der Waals surface area contributed by atoms with E-state index in [4.69, 9.17) is 19.7 Å². The maximum Gasteiger partial charge on any atom is 0.229 e. The fraction of sp³-hybridized carbons (Fsp3) is 0.538. The van der Waals surface area contributed by atoms with E-state index in [1.165, 1.54) is 18.2 Å². The average molecular weight is 302 g/mol. The molecule has 1 aromatic rings. The SMILES string of the molecule is OCc1ccc(O[C@@H]2O[C@H](CO)[C@H](O)[C@H](O)[C@H]2O)c(O)c1. The highest BCUT2D eigenvalue weighted by Gasteiger charge is 2.44. The van der Waals surface area contributed by atoms with Crippen molar-refractivity contribution in [2.75, 3.05) is 6.61 Å². The molecule has 1 aromatic carbocycles. The van der Waals surface area contributed by atoms with Crippen molar-refractivity contribution >= 4 is 0 Å². The molecule has 0 radical (unpaired) electrons. The van der Waals surface area contributed by atoms with Crippen molar-refractivity contribution in [1.82, 2.24) is 0 Å². The van der Waals surface area contributed by atoms with Gasteiger partial charge in [0.1, 0.15) is 24.4 Å². The molecular weight excluding hydrogens is 284 g/mol. The van der Waals surface area contributed by atoms with Crippen molar-refractivity contribution in [2.45, 2.75) is 37.3 Å². The van der Waals surface area contributed by atoms with Crippen molar-refractivity contribution in [2.24, 2.45) is 0 Å². The zero-order chi connectivity index (χ0) is 15.6. The number of rotatable bonds is 4. The molecule has 1 saturated heterocycles. The zero-order valence-electron chi connectivity index (χ0n) is 11.0. The van der Waals surface area contributed by atoms with E-state index in [1.54, 1.807) is 0 Å². The van der Waals surface area contributed by atoms with Crippen LogP contribution in [-0.4, -0.2) is 68.0 Å². The largest absolute Gasteiger partial charge is 0.504 e. The Bertz CT molecular complexity index is 477. The van der Waals surface area contributed by atoms with Crippen molar-refractivity contribution in [3.8, 4) is 11.5 Å². The lowest BCUT2D eigenvalue weighted by molar-refractivity contribution is -0.277. The highest BCUT2D eigenvalue weighted by atomic mass is 16.7. The number of hydrogen-bond donors (Lipinski definition) is 6. The number of aromatic hydroxyl groups is 1. The molecule has 1 fully saturated rings. The molecule has 2 rings (SSSR count). The van der Waals surface area contributed by atoms with Gasteiger partial charge in [-0.2, -0.15) is 0 Å². The van der Waals surface area contributed by atoms with Gasteiger partial charge < -0.3 is 40.1 Å². The lowest BCUT2D eigenvalue weighted by atomic mass is 9.99. The van der Waals surface area contributed by atoms with Gasteiger partial charge in [0.15, 0.2) is 11.5 Å². The van der Waals surface area contributed by atoms with Crippen LogP contribution in [0.15, 0.2) is 18.2 Å². The summed E-state index contributed by atoms with van der Waals surface area (Å²) < 4.78 is 10.4. The van der Waals surface area contributed by atoms with Gasteiger partial charge in [-0.1, -0.05) is 6.07 Å². The monoisotopic (exact) mass is 302 g/mol. The van der Waals surface area contributed by atoms with Crippen LogP contribution in [0.3, 0.4) is 0 Å². The lowest BCUT2D eigenvalue weighted by Crippen LogP contribution is -2.60. The Hall–Kier alpha value is -1.42. The zero-order valence-corrected chi connectivity index (χ0v) is 11.0. The van der Waals surface area contributed by atoms with Gasteiger partial charge in [-0.3, -0.25) is 0 Å². The van der Waals surface area contributed by atoms with Gasteiger partial charge in [-0.15, -0.1) is 0 Å². The van der Waals surface area contributed by atoms with Gasteiger partial charge in [0.25, 0.3) is 0 Å². The van der Waals surface area contributed by atoms with Gasteiger partial charge in [0.05, 0.1) is 13.2 Å². The van der Waals surface area contributed by atoms with Crippen molar-refractivity contribution in [3.05, 3.63) is 23.8 Å². The molecule has 8 nitrogen and oxygen atoms in total. The van der Waals surface area contributed by atoms with Crippen LogP contribution in [0.2, 0.25) is 0 Å². The summed E-state index contributed by atoms with van der Waals surface area (Å²) in [6, 6.07) is 4.14. The first-order valence-corrected chi connectivity index (χ1v) is 6.38. The lowest BCUT2D eigenvalue weighted by Gasteiger charge is -2.39. The van der Waals surface area contributed by atoms with E-state index in [-0.39, 0.29) is 18.1 Å². The Kier molecular flexibility index (Phi) is 4.99. The quantitative estimate of drug-likeness (QED) is 0.378. The molecule has 0 unspecified atom stereocenters. The van der Waals surface area contributed by atoms with Crippen molar-refractivity contribution in [3.63, 3.8) is 0 Å². The number of aliphatic hydroxyl groups is 5. The summed E-state index contributed by atoms with van der Waals surface area (Å²) in [5.74, 6) is -0.310. The molecule has 0 aliphatic carbocycles. The molecule has 5 atom stereocenters. The smallest absolute Gasteiger partial charge is 0.229 e. The maximum absolute atomic E-state index is 9.81. The van der Waals surface area contributed by atoms with Crippen LogP contribution in [-0.2, 0) is 11.3 Å². The third kappa shape index (κ3) is 3.26. The summed E-state index contributed by atoms with van der Waals surface area (Å²) in [5, 5.41) is 56.8. The summed E-state index contributed by atoms with van der Waals surface area (Å²) >= 11 is 0. The minimum atomic E-state index is -1.56. The Labute approximate surface area is 120 Å². The van der Waals surface area contributed by atoms with Gasteiger partial charge in [0.2, 0.25) is 6.29 Å². The molecular formula is C13H18O8. The molecule has 0 spiro atoms. The second-order valence-electron chi connectivity index (χ2n) is 4.78. The fourth-order valence-electron chi connectivity index (χ4n) is 2.05. The first kappa shape index (κ1) is 16.0. The van der Waals surface area contributed by atoms with Crippen LogP contribution in [0.25, 0.3) is 0 Å². The minimum absolute atomic E-state index is 0.0310. The van der Waals surface area contributed by atoms with Crippen LogP contribution in [0.5, 0.6) is 11.5 Å². The summed E-state index contributed by atoms with van der Waals surface area (Å²) in [6.07, 6.45) is -7.05. The van der Waals surface area contributed by atoms with Gasteiger partial charge in [-0.05, 0) is 17.7 Å². The molecule has 1 aliphatic heterocycles. The van der Waals surface area contributed by atoms with E-state index in [0.29, 0.717) is 5.56 Å². The van der Waals surface area contributed by atoms with Crippen LogP contribution in [0, 0.1) is 0 Å². The number of phenolic OH excluding ortho intramolecular Hbond substituents is 1. The van der Waals surface area contributed by atoms with E-state index >= 15 is 0 Å². The van der Waals surface area contributed by atoms with E-state index in [2.05, 4.69) is 0 Å². The molecule has 21 heavy (non-hydrogen) atoms. The van der Waals surface area contributed by atoms with Crippen molar-refractivity contribution in [1.29, 1.82) is 0 Å². The molecule has 1 aliphatic rings. The topological polar surface area (TPSA) is 140 Å². The summed E-state index contributed by atoms with van der Waals surface area (Å²) in [5.41, 5.74) is 0.466. The maximum atomic E-state index is 9.81. The number of benzene rings is 1. The molecule has 118 valence electrons. The first-order chi connectivity index (χ1) is 9.97. The third-order valence-electron chi connectivity index (χ3n) is 3.30. The molecule has 1 heterocycles. The predicted molar refractivity (Wildman–Crippen MR) is 68.4 cm³/mol.